The molecule has 92 valence electrons. The van der Waals surface area contributed by atoms with Gasteiger partial charge in [0.15, 0.2) is 0 Å². The summed E-state index contributed by atoms with van der Waals surface area (Å²) in [5, 5.41) is 12.0. The molecule has 0 aromatic heterocycles. The minimum absolute atomic E-state index is 0.0682. The van der Waals surface area contributed by atoms with Crippen molar-refractivity contribution in [3.8, 4) is 5.75 Å². The fraction of sp³-hybridized carbons (Fsp3) is 0.417. The Morgan fingerprint density at radius 3 is 2.59 bits per heavy atom. The number of nitrogens with one attached hydrogen (secondary N) is 1. The number of hydrogen-bond acceptors (Lipinski definition) is 3. The monoisotopic (exact) mass is 236 g/mol. The highest BCUT2D eigenvalue weighted by Crippen LogP contribution is 2.09. The van der Waals surface area contributed by atoms with E-state index >= 15 is 0 Å². The number of amides is 2. The number of nitrogens with zero attached hydrogens (tertiary/aromatic N) is 1. The summed E-state index contributed by atoms with van der Waals surface area (Å²) >= 11 is 0. The zero-order valence-electron chi connectivity index (χ0n) is 9.56. The molecule has 2 N–H and O–H groups in total. The average molecular weight is 236 g/mol. The molecule has 1 fully saturated rings. The normalized spacial score (nSPS) is 15.6. The van der Waals surface area contributed by atoms with Crippen LogP contribution in [0.1, 0.15) is 5.56 Å². The number of carbonyl (C=O) groups is 1. The third kappa shape index (κ3) is 3.35. The van der Waals surface area contributed by atoms with E-state index < -0.39 is 0 Å². The van der Waals surface area contributed by atoms with Gasteiger partial charge in [0.25, 0.3) is 0 Å². The molecule has 0 spiro atoms. The van der Waals surface area contributed by atoms with Crippen molar-refractivity contribution in [3.63, 3.8) is 0 Å². The lowest BCUT2D eigenvalue weighted by Gasteiger charge is -2.26. The second kappa shape index (κ2) is 5.54. The average Bonchev–Trinajstić information content (AvgIpc) is 2.39. The van der Waals surface area contributed by atoms with Crippen LogP contribution in [0.15, 0.2) is 24.3 Å². The molecular weight excluding hydrogens is 220 g/mol. The Balaban J connectivity index is 1.81. The molecule has 0 aliphatic carbocycles. The molecule has 0 unspecified atom stereocenters. The van der Waals surface area contributed by atoms with Crippen molar-refractivity contribution >= 4 is 6.03 Å². The fourth-order valence-corrected chi connectivity index (χ4v) is 1.67. The highest BCUT2D eigenvalue weighted by Gasteiger charge is 2.15. The van der Waals surface area contributed by atoms with Crippen LogP contribution in [0.25, 0.3) is 0 Å². The zero-order chi connectivity index (χ0) is 12.1. The first kappa shape index (κ1) is 11.7. The zero-order valence-corrected chi connectivity index (χ0v) is 9.56. The molecule has 0 bridgehead atoms. The molecule has 1 aromatic rings. The second-order valence-electron chi connectivity index (χ2n) is 3.92. The first-order valence-electron chi connectivity index (χ1n) is 5.64. The lowest BCUT2D eigenvalue weighted by molar-refractivity contribution is 0.0531. The molecule has 0 atom stereocenters. The number of aromatic hydroxyl groups is 1. The van der Waals surface area contributed by atoms with E-state index in [0.29, 0.717) is 32.8 Å². The summed E-state index contributed by atoms with van der Waals surface area (Å²) < 4.78 is 5.18. The van der Waals surface area contributed by atoms with Crippen LogP contribution in [0.2, 0.25) is 0 Å². The van der Waals surface area contributed by atoms with Gasteiger partial charge >= 0.3 is 6.03 Å². The van der Waals surface area contributed by atoms with Crippen molar-refractivity contribution in [1.29, 1.82) is 0 Å². The molecular formula is C12H16N2O3. The van der Waals surface area contributed by atoms with Crippen molar-refractivity contribution in [1.82, 2.24) is 10.2 Å². The summed E-state index contributed by atoms with van der Waals surface area (Å²) in [6.45, 7) is 2.96. The number of morpholine rings is 1. The van der Waals surface area contributed by atoms with E-state index in [2.05, 4.69) is 5.32 Å². The van der Waals surface area contributed by atoms with Gasteiger partial charge in [-0.25, -0.2) is 4.79 Å². The number of urea groups is 1. The predicted molar refractivity (Wildman–Crippen MR) is 62.7 cm³/mol. The number of rotatable bonds is 2. The Morgan fingerprint density at radius 2 is 1.94 bits per heavy atom. The van der Waals surface area contributed by atoms with Crippen LogP contribution in [0.5, 0.6) is 5.75 Å². The summed E-state index contributed by atoms with van der Waals surface area (Å²) in [6.07, 6.45) is 0. The molecule has 17 heavy (non-hydrogen) atoms. The molecule has 1 aromatic carbocycles. The smallest absolute Gasteiger partial charge is 0.317 e. The van der Waals surface area contributed by atoms with Crippen LogP contribution in [-0.2, 0) is 11.3 Å². The van der Waals surface area contributed by atoms with E-state index in [-0.39, 0.29) is 11.8 Å². The van der Waals surface area contributed by atoms with E-state index in [1.807, 2.05) is 0 Å². The van der Waals surface area contributed by atoms with Gasteiger partial charge in [-0.3, -0.25) is 0 Å². The van der Waals surface area contributed by atoms with E-state index in [1.54, 1.807) is 29.2 Å². The number of hydrogen-bond donors (Lipinski definition) is 2. The van der Waals surface area contributed by atoms with Crippen LogP contribution in [0.4, 0.5) is 4.79 Å². The maximum absolute atomic E-state index is 11.7. The summed E-state index contributed by atoms with van der Waals surface area (Å²) in [5.41, 5.74) is 0.962. The van der Waals surface area contributed by atoms with Gasteiger partial charge in [-0.2, -0.15) is 0 Å². The SMILES string of the molecule is O=C(NCc1ccc(O)cc1)N1CCOCC1. The Kier molecular flexibility index (Phi) is 3.82. The van der Waals surface area contributed by atoms with Gasteiger partial charge in [0.1, 0.15) is 5.75 Å². The number of phenols is 1. The Morgan fingerprint density at radius 1 is 1.29 bits per heavy atom. The largest absolute Gasteiger partial charge is 0.508 e. The number of benzene rings is 1. The minimum Gasteiger partial charge on any atom is -0.508 e. The molecule has 2 rings (SSSR count). The van der Waals surface area contributed by atoms with Crippen molar-refractivity contribution in [3.05, 3.63) is 29.8 Å². The van der Waals surface area contributed by atoms with Gasteiger partial charge in [0.05, 0.1) is 13.2 Å². The molecule has 0 radical (unpaired) electrons. The molecule has 1 saturated heterocycles. The van der Waals surface area contributed by atoms with Crippen molar-refractivity contribution in [2.75, 3.05) is 26.3 Å². The van der Waals surface area contributed by atoms with E-state index in [9.17, 15) is 4.79 Å². The highest BCUT2D eigenvalue weighted by atomic mass is 16.5. The number of phenolic OH excluding ortho intramolecular Hbond substituents is 1. The van der Waals surface area contributed by atoms with Crippen molar-refractivity contribution in [2.24, 2.45) is 0 Å². The molecule has 1 aliphatic heterocycles. The maximum atomic E-state index is 11.7. The summed E-state index contributed by atoms with van der Waals surface area (Å²) in [6, 6.07) is 6.72. The molecule has 5 nitrogen and oxygen atoms in total. The Hall–Kier alpha value is -1.75. The van der Waals surface area contributed by atoms with Crippen LogP contribution >= 0.6 is 0 Å². The lowest BCUT2D eigenvalue weighted by atomic mass is 10.2. The van der Waals surface area contributed by atoms with Crippen LogP contribution in [-0.4, -0.2) is 42.3 Å². The van der Waals surface area contributed by atoms with E-state index in [1.165, 1.54) is 0 Å². The first-order chi connectivity index (χ1) is 8.25. The molecule has 1 aliphatic rings. The summed E-state index contributed by atoms with van der Waals surface area (Å²) in [5.74, 6) is 0.230. The lowest BCUT2D eigenvalue weighted by Crippen LogP contribution is -2.45. The topological polar surface area (TPSA) is 61.8 Å². The summed E-state index contributed by atoms with van der Waals surface area (Å²) in [7, 11) is 0. The van der Waals surface area contributed by atoms with Crippen LogP contribution < -0.4 is 5.32 Å². The maximum Gasteiger partial charge on any atom is 0.317 e. The molecule has 2 amide bonds. The second-order valence-corrected chi connectivity index (χ2v) is 3.92. The Bertz CT molecular complexity index is 372. The van der Waals surface area contributed by atoms with Crippen molar-refractivity contribution in [2.45, 2.75) is 6.54 Å². The molecule has 1 heterocycles. The van der Waals surface area contributed by atoms with Crippen LogP contribution in [0, 0.1) is 0 Å². The molecule has 5 heteroatoms. The minimum atomic E-state index is -0.0682. The quantitative estimate of drug-likeness (QED) is 0.803. The van der Waals surface area contributed by atoms with E-state index in [0.717, 1.165) is 5.56 Å². The van der Waals surface area contributed by atoms with Gasteiger partial charge in [-0.05, 0) is 17.7 Å². The predicted octanol–water partition coefficient (Wildman–Crippen LogP) is 0.934. The first-order valence-corrected chi connectivity index (χ1v) is 5.64. The third-order valence-corrected chi connectivity index (χ3v) is 2.68. The third-order valence-electron chi connectivity index (χ3n) is 2.68. The molecule has 0 saturated carbocycles. The van der Waals surface area contributed by atoms with Gasteiger partial charge in [0, 0.05) is 19.6 Å². The number of ether oxygens (including phenoxy) is 1. The van der Waals surface area contributed by atoms with Gasteiger partial charge < -0.3 is 20.1 Å². The fourth-order valence-electron chi connectivity index (χ4n) is 1.67. The van der Waals surface area contributed by atoms with Gasteiger partial charge in [-0.15, -0.1) is 0 Å². The van der Waals surface area contributed by atoms with Crippen molar-refractivity contribution < 1.29 is 14.6 Å². The van der Waals surface area contributed by atoms with E-state index in [4.69, 9.17) is 9.84 Å². The van der Waals surface area contributed by atoms with Gasteiger partial charge in [0.2, 0.25) is 0 Å². The summed E-state index contributed by atoms with van der Waals surface area (Å²) in [4.78, 5) is 13.5. The standard InChI is InChI=1S/C12H16N2O3/c15-11-3-1-10(2-4-11)9-13-12(16)14-5-7-17-8-6-14/h1-4,15H,5-9H2,(H,13,16). The van der Waals surface area contributed by atoms with Crippen LogP contribution in [0.3, 0.4) is 0 Å². The Labute approximate surface area is 100.0 Å². The number of carbonyl (C=O) groups excluding carboxylic acids is 1. The van der Waals surface area contributed by atoms with Gasteiger partial charge in [-0.1, -0.05) is 12.1 Å². The highest BCUT2D eigenvalue weighted by molar-refractivity contribution is 5.74.